The Kier molecular flexibility index (Phi) is 10.5. The lowest BCUT2D eigenvalue weighted by molar-refractivity contribution is -0.140. The lowest BCUT2D eigenvalue weighted by atomic mass is 10.0. The van der Waals surface area contributed by atoms with Crippen molar-refractivity contribution in [2.45, 2.75) is 70.5 Å². The summed E-state index contributed by atoms with van der Waals surface area (Å²) in [4.78, 5) is 28.6. The van der Waals surface area contributed by atoms with E-state index in [0.29, 0.717) is 17.7 Å². The van der Waals surface area contributed by atoms with Gasteiger partial charge in [-0.3, -0.25) is 13.9 Å². The van der Waals surface area contributed by atoms with Gasteiger partial charge >= 0.3 is 0 Å². The summed E-state index contributed by atoms with van der Waals surface area (Å²) < 4.78 is 42.4. The number of nitrogens with one attached hydrogen (secondary N) is 1. The van der Waals surface area contributed by atoms with Crippen LogP contribution in [0.3, 0.4) is 0 Å². The highest BCUT2D eigenvalue weighted by Crippen LogP contribution is 2.27. The molecule has 0 saturated heterocycles. The molecule has 2 amide bonds. The number of halogens is 1. The van der Waals surface area contributed by atoms with Crippen molar-refractivity contribution >= 4 is 27.5 Å². The molecular formula is C31H38FN3O4S. The second-order valence-electron chi connectivity index (χ2n) is 10.3. The van der Waals surface area contributed by atoms with Gasteiger partial charge in [0.05, 0.1) is 10.6 Å². The molecule has 1 unspecified atom stereocenters. The van der Waals surface area contributed by atoms with Crippen molar-refractivity contribution < 1.29 is 22.4 Å². The monoisotopic (exact) mass is 567 g/mol. The van der Waals surface area contributed by atoms with E-state index in [-0.39, 0.29) is 29.3 Å². The van der Waals surface area contributed by atoms with E-state index in [9.17, 15) is 22.4 Å². The Morgan fingerprint density at radius 3 is 2.00 bits per heavy atom. The van der Waals surface area contributed by atoms with Gasteiger partial charge in [0.15, 0.2) is 0 Å². The molecule has 0 aromatic heterocycles. The van der Waals surface area contributed by atoms with Crippen LogP contribution < -0.4 is 9.62 Å². The fourth-order valence-electron chi connectivity index (χ4n) is 4.36. The van der Waals surface area contributed by atoms with Crippen molar-refractivity contribution in [1.82, 2.24) is 10.2 Å². The van der Waals surface area contributed by atoms with Gasteiger partial charge in [-0.25, -0.2) is 12.8 Å². The minimum atomic E-state index is -4.13. The molecule has 0 saturated carbocycles. The quantitative estimate of drug-likeness (QED) is 0.314. The van der Waals surface area contributed by atoms with Crippen LogP contribution in [-0.2, 0) is 26.2 Å². The molecule has 1 N–H and O–H groups in total. The van der Waals surface area contributed by atoms with Crippen molar-refractivity contribution in [2.75, 3.05) is 10.8 Å². The fraction of sp³-hybridized carbons (Fsp3) is 0.355. The number of sulfonamides is 1. The molecule has 3 aromatic carbocycles. The Labute approximate surface area is 237 Å². The first-order valence-corrected chi connectivity index (χ1v) is 14.9. The van der Waals surface area contributed by atoms with Gasteiger partial charge in [0.25, 0.3) is 10.0 Å². The minimum absolute atomic E-state index is 0.00858. The maximum Gasteiger partial charge on any atom is 0.264 e. The number of nitrogens with zero attached hydrogens (tertiary/aromatic N) is 2. The third-order valence-electron chi connectivity index (χ3n) is 6.54. The number of hydrogen-bond donors (Lipinski definition) is 1. The number of rotatable bonds is 12. The zero-order valence-corrected chi connectivity index (χ0v) is 24.5. The number of anilines is 1. The normalized spacial score (nSPS) is 12.3. The van der Waals surface area contributed by atoms with Crippen LogP contribution in [0.15, 0.2) is 83.8 Å². The molecule has 214 valence electrons. The van der Waals surface area contributed by atoms with Crippen molar-refractivity contribution in [3.05, 3.63) is 95.8 Å². The maximum atomic E-state index is 14.0. The summed E-state index contributed by atoms with van der Waals surface area (Å²) in [5.74, 6) is -1.07. The average molecular weight is 568 g/mol. The molecule has 0 radical (unpaired) electrons. The van der Waals surface area contributed by atoms with E-state index in [4.69, 9.17) is 0 Å². The molecule has 0 bridgehead atoms. The fourth-order valence-corrected chi connectivity index (χ4v) is 5.80. The molecule has 0 aliphatic heterocycles. The Balaban J connectivity index is 2.06. The molecule has 0 aliphatic carbocycles. The van der Waals surface area contributed by atoms with Crippen LogP contribution in [0.2, 0.25) is 0 Å². The second kappa shape index (κ2) is 13.6. The lowest BCUT2D eigenvalue weighted by Crippen LogP contribution is -2.53. The van der Waals surface area contributed by atoms with Crippen LogP contribution in [0.4, 0.5) is 10.1 Å². The zero-order chi connectivity index (χ0) is 29.4. The largest absolute Gasteiger partial charge is 0.352 e. The number of benzene rings is 3. The predicted octanol–water partition coefficient (Wildman–Crippen LogP) is 5.48. The maximum absolute atomic E-state index is 14.0. The van der Waals surface area contributed by atoms with Crippen molar-refractivity contribution in [1.29, 1.82) is 0 Å². The van der Waals surface area contributed by atoms with Gasteiger partial charge < -0.3 is 10.2 Å². The van der Waals surface area contributed by atoms with E-state index in [2.05, 4.69) is 5.32 Å². The first-order chi connectivity index (χ1) is 18.9. The van der Waals surface area contributed by atoms with E-state index in [1.54, 1.807) is 49.4 Å². The number of hydrogen-bond acceptors (Lipinski definition) is 4. The summed E-state index contributed by atoms with van der Waals surface area (Å²) in [5, 5.41) is 2.86. The summed E-state index contributed by atoms with van der Waals surface area (Å²) in [6, 6.07) is 19.7. The van der Waals surface area contributed by atoms with Crippen LogP contribution in [0.5, 0.6) is 0 Å². The highest BCUT2D eigenvalue weighted by atomic mass is 32.2. The van der Waals surface area contributed by atoms with Crippen molar-refractivity contribution in [3.8, 4) is 0 Å². The van der Waals surface area contributed by atoms with E-state index >= 15 is 0 Å². The smallest absolute Gasteiger partial charge is 0.264 e. The van der Waals surface area contributed by atoms with Crippen LogP contribution in [0.1, 0.15) is 58.1 Å². The number of amides is 2. The number of carbonyl (C=O) groups excluding carboxylic acids is 2. The van der Waals surface area contributed by atoms with Gasteiger partial charge in [0, 0.05) is 12.6 Å². The van der Waals surface area contributed by atoms with E-state index in [1.807, 2.05) is 39.8 Å². The summed E-state index contributed by atoms with van der Waals surface area (Å²) in [5.41, 5.74) is 1.98. The van der Waals surface area contributed by atoms with Crippen molar-refractivity contribution in [3.63, 3.8) is 0 Å². The topological polar surface area (TPSA) is 86.8 Å². The Morgan fingerprint density at radius 2 is 1.48 bits per heavy atom. The molecule has 3 aromatic rings. The SMILES string of the molecule is CCC(C(=O)NC(C)C)N(Cc1ccc(F)cc1)C(=O)CN(c1ccc(C(C)C)cc1)S(=O)(=O)c1ccccc1. The first kappa shape index (κ1) is 30.8. The zero-order valence-electron chi connectivity index (χ0n) is 23.7. The standard InChI is InChI=1S/C31H38FN3O4S/c1-6-29(31(37)33-23(4)5)34(20-24-12-16-26(32)17-13-24)30(36)21-35(27-18-14-25(15-19-27)22(2)3)40(38,39)28-10-8-7-9-11-28/h7-19,22-23,29H,6,20-21H2,1-5H3,(H,33,37). The summed E-state index contributed by atoms with van der Waals surface area (Å²) in [6.07, 6.45) is 0.306. The van der Waals surface area contributed by atoms with E-state index in [0.717, 1.165) is 9.87 Å². The Morgan fingerprint density at radius 1 is 0.875 bits per heavy atom. The highest BCUT2D eigenvalue weighted by Gasteiger charge is 2.33. The van der Waals surface area contributed by atoms with Crippen LogP contribution in [-0.4, -0.2) is 43.8 Å². The van der Waals surface area contributed by atoms with Gasteiger partial charge in [-0.1, -0.05) is 63.2 Å². The molecule has 7 nitrogen and oxygen atoms in total. The molecule has 0 spiro atoms. The average Bonchev–Trinajstić information content (AvgIpc) is 2.92. The van der Waals surface area contributed by atoms with Gasteiger partial charge in [-0.05, 0) is 73.7 Å². The molecule has 9 heteroatoms. The molecule has 1 atom stereocenters. The summed E-state index contributed by atoms with van der Waals surface area (Å²) in [7, 11) is -4.13. The third-order valence-corrected chi connectivity index (χ3v) is 8.33. The molecule has 40 heavy (non-hydrogen) atoms. The highest BCUT2D eigenvalue weighted by molar-refractivity contribution is 7.92. The second-order valence-corrected chi connectivity index (χ2v) is 12.2. The van der Waals surface area contributed by atoms with Gasteiger partial charge in [-0.2, -0.15) is 0 Å². The Hall–Kier alpha value is -3.72. The lowest BCUT2D eigenvalue weighted by Gasteiger charge is -2.33. The van der Waals surface area contributed by atoms with Gasteiger partial charge in [0.1, 0.15) is 18.4 Å². The van der Waals surface area contributed by atoms with Crippen molar-refractivity contribution in [2.24, 2.45) is 0 Å². The van der Waals surface area contributed by atoms with Crippen LogP contribution in [0, 0.1) is 5.82 Å². The third kappa shape index (κ3) is 7.69. The molecule has 3 rings (SSSR count). The predicted molar refractivity (Wildman–Crippen MR) is 156 cm³/mol. The molecular weight excluding hydrogens is 529 g/mol. The van der Waals surface area contributed by atoms with E-state index in [1.165, 1.54) is 29.2 Å². The van der Waals surface area contributed by atoms with Gasteiger partial charge in [0.2, 0.25) is 11.8 Å². The first-order valence-electron chi connectivity index (χ1n) is 13.5. The summed E-state index contributed by atoms with van der Waals surface area (Å²) >= 11 is 0. The Bertz CT molecular complexity index is 1380. The van der Waals surface area contributed by atoms with E-state index < -0.39 is 34.3 Å². The summed E-state index contributed by atoms with van der Waals surface area (Å²) in [6.45, 7) is 9.00. The molecule has 0 heterocycles. The number of carbonyl (C=O) groups is 2. The molecule has 0 aliphatic rings. The molecule has 0 fully saturated rings. The van der Waals surface area contributed by atoms with Crippen LogP contribution >= 0.6 is 0 Å². The van der Waals surface area contributed by atoms with Crippen LogP contribution in [0.25, 0.3) is 0 Å². The van der Waals surface area contributed by atoms with Gasteiger partial charge in [-0.15, -0.1) is 0 Å². The minimum Gasteiger partial charge on any atom is -0.352 e.